The molecule has 2 amide bonds. The molecule has 1 saturated carbocycles. The van der Waals surface area contributed by atoms with Gasteiger partial charge in [0.1, 0.15) is 12.4 Å². The van der Waals surface area contributed by atoms with Gasteiger partial charge in [-0.1, -0.05) is 101 Å². The van der Waals surface area contributed by atoms with E-state index in [1.807, 2.05) is 24.3 Å². The highest BCUT2D eigenvalue weighted by molar-refractivity contribution is 5.79. The van der Waals surface area contributed by atoms with E-state index in [1.54, 1.807) is 4.90 Å². The number of rotatable bonds is 9. The third-order valence-electron chi connectivity index (χ3n) is 7.75. The van der Waals surface area contributed by atoms with Crippen molar-refractivity contribution in [1.29, 1.82) is 0 Å². The fraction of sp³-hybridized carbons (Fsp3) is 0.500. The molecule has 2 fully saturated rings. The van der Waals surface area contributed by atoms with Crippen molar-refractivity contribution in [2.75, 3.05) is 13.2 Å². The minimum absolute atomic E-state index is 0.157. The van der Waals surface area contributed by atoms with E-state index in [1.165, 1.54) is 43.3 Å². The van der Waals surface area contributed by atoms with Gasteiger partial charge in [0.25, 0.3) is 0 Å². The maximum Gasteiger partial charge on any atom is 0.326 e. The first kappa shape index (κ1) is 29.5. The van der Waals surface area contributed by atoms with Crippen molar-refractivity contribution in [3.8, 4) is 0 Å². The molecular formula is C34H48N2O2. The number of carbonyl (C=O) groups excluding carboxylic acids is 1. The Morgan fingerprint density at radius 3 is 2.66 bits per heavy atom. The molecule has 206 valence electrons. The lowest BCUT2D eigenvalue weighted by Crippen LogP contribution is -2.43. The predicted molar refractivity (Wildman–Crippen MR) is 160 cm³/mol. The number of morpholine rings is 1. The zero-order valence-corrected chi connectivity index (χ0v) is 24.1. The van der Waals surface area contributed by atoms with Crippen molar-refractivity contribution in [1.82, 2.24) is 10.2 Å². The molecule has 0 bridgehead atoms. The normalized spacial score (nSPS) is 21.7. The van der Waals surface area contributed by atoms with Crippen molar-refractivity contribution in [2.45, 2.75) is 85.5 Å². The fourth-order valence-electron chi connectivity index (χ4n) is 5.51. The van der Waals surface area contributed by atoms with E-state index in [9.17, 15) is 4.79 Å². The summed E-state index contributed by atoms with van der Waals surface area (Å²) in [6.45, 7) is 13.9. The number of hydrogen-bond acceptors (Lipinski definition) is 2. The van der Waals surface area contributed by atoms with Crippen LogP contribution in [0.1, 0.15) is 85.5 Å². The topological polar surface area (TPSA) is 41.6 Å². The Kier molecular flexibility index (Phi) is 12.0. The van der Waals surface area contributed by atoms with Crippen LogP contribution in [0.4, 0.5) is 4.79 Å². The number of urea groups is 1. The van der Waals surface area contributed by atoms with E-state index in [2.05, 4.69) is 70.0 Å². The van der Waals surface area contributed by atoms with Gasteiger partial charge >= 0.3 is 6.03 Å². The van der Waals surface area contributed by atoms with Crippen LogP contribution in [0.25, 0.3) is 0 Å². The van der Waals surface area contributed by atoms with Gasteiger partial charge in [-0.2, -0.15) is 0 Å². The molecule has 1 atom stereocenters. The maximum absolute atomic E-state index is 13.3. The highest BCUT2D eigenvalue weighted by atomic mass is 16.5. The SMILES string of the molecule is C=C1\C(=C/C(=C\CC)C(/C=C\C(C)C2CCCCC2)=C/C)OCCN1C(=O)NC1=CC=CC=C(CCC)C1. The first-order valence-corrected chi connectivity index (χ1v) is 14.7. The molecule has 3 rings (SSSR count). The average molecular weight is 517 g/mol. The van der Waals surface area contributed by atoms with Gasteiger partial charge in [-0.15, -0.1) is 0 Å². The zero-order chi connectivity index (χ0) is 27.3. The van der Waals surface area contributed by atoms with Crippen LogP contribution in [0.5, 0.6) is 0 Å². The van der Waals surface area contributed by atoms with E-state index >= 15 is 0 Å². The molecule has 1 heterocycles. The number of carbonyl (C=O) groups is 1. The Hall–Kier alpha value is -3.01. The summed E-state index contributed by atoms with van der Waals surface area (Å²) in [5, 5.41) is 3.12. The van der Waals surface area contributed by atoms with Crippen LogP contribution < -0.4 is 5.32 Å². The Labute approximate surface area is 231 Å². The summed E-state index contributed by atoms with van der Waals surface area (Å²) in [6, 6.07) is -0.157. The van der Waals surface area contributed by atoms with Gasteiger partial charge in [0.2, 0.25) is 0 Å². The third kappa shape index (κ3) is 8.51. The Morgan fingerprint density at radius 1 is 1.18 bits per heavy atom. The van der Waals surface area contributed by atoms with Gasteiger partial charge in [0.05, 0.1) is 12.2 Å². The molecule has 1 N–H and O–H groups in total. The monoisotopic (exact) mass is 516 g/mol. The lowest BCUT2D eigenvalue weighted by molar-refractivity contribution is 0.135. The molecule has 0 radical (unpaired) electrons. The van der Waals surface area contributed by atoms with Crippen LogP contribution >= 0.6 is 0 Å². The summed E-state index contributed by atoms with van der Waals surface area (Å²) in [7, 11) is 0. The van der Waals surface area contributed by atoms with E-state index in [0.29, 0.717) is 30.5 Å². The van der Waals surface area contributed by atoms with Gasteiger partial charge in [-0.05, 0) is 67.7 Å². The van der Waals surface area contributed by atoms with Crippen LogP contribution in [0.15, 0.2) is 95.1 Å². The second-order valence-corrected chi connectivity index (χ2v) is 10.6. The molecule has 0 aromatic carbocycles. The molecule has 1 saturated heterocycles. The zero-order valence-electron chi connectivity index (χ0n) is 24.1. The van der Waals surface area contributed by atoms with Crippen molar-refractivity contribution in [3.63, 3.8) is 0 Å². The first-order chi connectivity index (χ1) is 18.5. The van der Waals surface area contributed by atoms with Crippen molar-refractivity contribution in [2.24, 2.45) is 11.8 Å². The number of nitrogens with zero attached hydrogens (tertiary/aromatic N) is 1. The summed E-state index contributed by atoms with van der Waals surface area (Å²) < 4.78 is 6.03. The third-order valence-corrected chi connectivity index (χ3v) is 7.75. The smallest absolute Gasteiger partial charge is 0.326 e. The van der Waals surface area contributed by atoms with Gasteiger partial charge in [0.15, 0.2) is 0 Å². The van der Waals surface area contributed by atoms with E-state index in [0.717, 1.165) is 42.9 Å². The molecule has 0 aromatic rings. The van der Waals surface area contributed by atoms with E-state index in [-0.39, 0.29) is 6.03 Å². The van der Waals surface area contributed by atoms with Crippen molar-refractivity contribution < 1.29 is 9.53 Å². The molecule has 4 nitrogen and oxygen atoms in total. The average Bonchev–Trinajstić information content (AvgIpc) is 3.15. The standard InChI is InChI=1S/C34H48N2O2/c1-6-14-28-16-12-13-19-32(24-28)35-34(37)36-22-23-38-33(27(36)5)25-31(15-7-2)29(8-3)21-20-26(4)30-17-10-9-11-18-30/h8,12-13,15-16,19-21,25-26,30H,5-7,9-11,14,17-18,22-24H2,1-4H3,(H,35,37)/b21-20-,29-8+,31-15+,33-25+. The molecule has 38 heavy (non-hydrogen) atoms. The second kappa shape index (κ2) is 15.4. The summed E-state index contributed by atoms with van der Waals surface area (Å²) in [6.07, 6.45) is 29.8. The minimum atomic E-state index is -0.157. The molecule has 2 aliphatic carbocycles. The fourth-order valence-corrected chi connectivity index (χ4v) is 5.51. The summed E-state index contributed by atoms with van der Waals surface area (Å²) in [5.74, 6) is 2.01. The minimum Gasteiger partial charge on any atom is -0.490 e. The molecule has 1 aliphatic heterocycles. The Balaban J connectivity index is 1.71. The molecule has 0 spiro atoms. The second-order valence-electron chi connectivity index (χ2n) is 10.6. The van der Waals surface area contributed by atoms with Crippen LogP contribution in [-0.2, 0) is 4.74 Å². The number of ether oxygens (including phenoxy) is 1. The largest absolute Gasteiger partial charge is 0.490 e. The highest BCUT2D eigenvalue weighted by Crippen LogP contribution is 2.31. The van der Waals surface area contributed by atoms with E-state index in [4.69, 9.17) is 4.74 Å². The first-order valence-electron chi connectivity index (χ1n) is 14.7. The number of amides is 2. The summed E-state index contributed by atoms with van der Waals surface area (Å²) >= 11 is 0. The van der Waals surface area contributed by atoms with Gasteiger partial charge in [-0.25, -0.2) is 4.79 Å². The lowest BCUT2D eigenvalue weighted by Gasteiger charge is -2.31. The summed E-state index contributed by atoms with van der Waals surface area (Å²) in [4.78, 5) is 15.0. The Bertz CT molecular complexity index is 1040. The van der Waals surface area contributed by atoms with Crippen molar-refractivity contribution >= 4 is 6.03 Å². The molecule has 0 aromatic heterocycles. The molecule has 1 unspecified atom stereocenters. The van der Waals surface area contributed by atoms with Crippen LogP contribution in [0.2, 0.25) is 0 Å². The number of hydrogen-bond donors (Lipinski definition) is 1. The van der Waals surface area contributed by atoms with E-state index < -0.39 is 0 Å². The number of nitrogens with one attached hydrogen (secondary N) is 1. The number of allylic oxidation sites excluding steroid dienone is 12. The predicted octanol–water partition coefficient (Wildman–Crippen LogP) is 9.05. The molecule has 4 heteroatoms. The quantitative estimate of drug-likeness (QED) is 0.311. The van der Waals surface area contributed by atoms with Gasteiger partial charge < -0.3 is 10.1 Å². The summed E-state index contributed by atoms with van der Waals surface area (Å²) in [5.41, 5.74) is 5.11. The van der Waals surface area contributed by atoms with Crippen LogP contribution in [0, 0.1) is 11.8 Å². The van der Waals surface area contributed by atoms with Crippen LogP contribution in [0.3, 0.4) is 0 Å². The molecular weight excluding hydrogens is 468 g/mol. The van der Waals surface area contributed by atoms with Crippen molar-refractivity contribution in [3.05, 3.63) is 95.1 Å². The van der Waals surface area contributed by atoms with Gasteiger partial charge in [-0.3, -0.25) is 4.90 Å². The maximum atomic E-state index is 13.3. The lowest BCUT2D eigenvalue weighted by atomic mass is 9.80. The Morgan fingerprint density at radius 2 is 1.95 bits per heavy atom. The molecule has 3 aliphatic rings. The van der Waals surface area contributed by atoms with Crippen LogP contribution in [-0.4, -0.2) is 24.1 Å². The van der Waals surface area contributed by atoms with Gasteiger partial charge in [0, 0.05) is 12.1 Å². The highest BCUT2D eigenvalue weighted by Gasteiger charge is 2.26.